The van der Waals surface area contributed by atoms with Crippen LogP contribution in [0.4, 0.5) is 8.78 Å². The molecule has 0 aliphatic carbocycles. The van der Waals surface area contributed by atoms with Crippen LogP contribution in [0.2, 0.25) is 0 Å². The fourth-order valence-electron chi connectivity index (χ4n) is 1.92. The van der Waals surface area contributed by atoms with Gasteiger partial charge >= 0.3 is 0 Å². The molecule has 1 N–H and O–H groups in total. The largest absolute Gasteiger partial charge is 0.305 e. The number of hydrogen-bond acceptors (Lipinski definition) is 1. The number of hydrogen-bond donors (Lipinski definition) is 1. The van der Waals surface area contributed by atoms with Gasteiger partial charge in [0.2, 0.25) is 0 Å². The van der Waals surface area contributed by atoms with Crippen LogP contribution < -0.4 is 5.32 Å². The minimum atomic E-state index is -2.61. The first-order valence-corrected chi connectivity index (χ1v) is 4.78. The number of benzene rings is 1. The van der Waals surface area contributed by atoms with Crippen molar-refractivity contribution in [3.05, 3.63) is 35.4 Å². The van der Waals surface area contributed by atoms with Crippen LogP contribution in [0.25, 0.3) is 0 Å². The standard InChI is InChI=1S/C11H13F2N/c1-8-4-2-3-5-9(8)10-11(12,13)6-7-14-10/h2-5,10,14H,6-7H2,1H3. The summed E-state index contributed by atoms with van der Waals surface area (Å²) in [4.78, 5) is 0. The Morgan fingerprint density at radius 2 is 2.07 bits per heavy atom. The van der Waals surface area contributed by atoms with Crippen LogP contribution in [0, 0.1) is 6.92 Å². The van der Waals surface area contributed by atoms with Crippen molar-refractivity contribution in [1.29, 1.82) is 0 Å². The smallest absolute Gasteiger partial charge is 0.268 e. The predicted molar refractivity (Wildman–Crippen MR) is 51.5 cm³/mol. The first kappa shape index (κ1) is 9.59. The molecule has 0 saturated carbocycles. The SMILES string of the molecule is Cc1ccccc1C1NCCC1(F)F. The second-order valence-electron chi connectivity index (χ2n) is 3.75. The van der Waals surface area contributed by atoms with Gasteiger partial charge in [0.1, 0.15) is 0 Å². The van der Waals surface area contributed by atoms with Crippen LogP contribution in [-0.4, -0.2) is 12.5 Å². The Kier molecular flexibility index (Phi) is 2.27. The monoisotopic (exact) mass is 197 g/mol. The Hall–Kier alpha value is -0.960. The molecule has 14 heavy (non-hydrogen) atoms. The highest BCUT2D eigenvalue weighted by Crippen LogP contribution is 2.39. The molecular formula is C11H13F2N. The molecule has 0 bridgehead atoms. The summed E-state index contributed by atoms with van der Waals surface area (Å²) in [7, 11) is 0. The van der Waals surface area contributed by atoms with Crippen LogP contribution in [0.3, 0.4) is 0 Å². The van der Waals surface area contributed by atoms with E-state index in [-0.39, 0.29) is 6.42 Å². The van der Waals surface area contributed by atoms with Gasteiger partial charge in [0.15, 0.2) is 0 Å². The van der Waals surface area contributed by atoms with Gasteiger partial charge in [-0.05, 0) is 18.1 Å². The zero-order valence-electron chi connectivity index (χ0n) is 8.06. The van der Waals surface area contributed by atoms with E-state index in [9.17, 15) is 8.78 Å². The van der Waals surface area contributed by atoms with Crippen molar-refractivity contribution in [2.75, 3.05) is 6.54 Å². The summed E-state index contributed by atoms with van der Waals surface area (Å²) >= 11 is 0. The molecular weight excluding hydrogens is 184 g/mol. The molecule has 1 heterocycles. The molecule has 1 unspecified atom stereocenters. The lowest BCUT2D eigenvalue weighted by molar-refractivity contribution is -0.0118. The average Bonchev–Trinajstić information content (AvgIpc) is 2.46. The summed E-state index contributed by atoms with van der Waals surface area (Å²) in [6.45, 7) is 2.26. The van der Waals surface area contributed by atoms with Crippen molar-refractivity contribution in [1.82, 2.24) is 5.32 Å². The van der Waals surface area contributed by atoms with Crippen molar-refractivity contribution < 1.29 is 8.78 Å². The van der Waals surface area contributed by atoms with Gasteiger partial charge in [-0.1, -0.05) is 24.3 Å². The Labute approximate surface area is 82.1 Å². The van der Waals surface area contributed by atoms with E-state index < -0.39 is 12.0 Å². The van der Waals surface area contributed by atoms with E-state index in [0.29, 0.717) is 6.54 Å². The molecule has 3 heteroatoms. The summed E-state index contributed by atoms with van der Waals surface area (Å²) in [6, 6.07) is 6.51. The Bertz CT molecular complexity index is 336. The summed E-state index contributed by atoms with van der Waals surface area (Å²) in [5, 5.41) is 2.85. The lowest BCUT2D eigenvalue weighted by Crippen LogP contribution is -2.27. The minimum Gasteiger partial charge on any atom is -0.305 e. The van der Waals surface area contributed by atoms with E-state index in [2.05, 4.69) is 5.32 Å². The van der Waals surface area contributed by atoms with Gasteiger partial charge in [-0.3, -0.25) is 0 Å². The maximum absolute atomic E-state index is 13.4. The van der Waals surface area contributed by atoms with Crippen LogP contribution in [0.5, 0.6) is 0 Å². The molecule has 1 aliphatic heterocycles. The van der Waals surface area contributed by atoms with Gasteiger partial charge in [-0.25, -0.2) is 8.78 Å². The number of aryl methyl sites for hydroxylation is 1. The molecule has 1 aromatic carbocycles. The second-order valence-corrected chi connectivity index (χ2v) is 3.75. The molecule has 1 aliphatic rings. The third-order valence-corrected chi connectivity index (χ3v) is 2.73. The van der Waals surface area contributed by atoms with Crippen LogP contribution >= 0.6 is 0 Å². The molecule has 0 amide bonds. The fourth-order valence-corrected chi connectivity index (χ4v) is 1.92. The molecule has 1 saturated heterocycles. The Morgan fingerprint density at radius 1 is 1.36 bits per heavy atom. The molecule has 0 spiro atoms. The lowest BCUT2D eigenvalue weighted by Gasteiger charge is -2.20. The Morgan fingerprint density at radius 3 is 2.64 bits per heavy atom. The number of halogens is 2. The summed E-state index contributed by atoms with van der Waals surface area (Å²) < 4.78 is 26.8. The summed E-state index contributed by atoms with van der Waals surface area (Å²) in [5.41, 5.74) is 1.64. The molecule has 0 aromatic heterocycles. The normalized spacial score (nSPS) is 25.2. The van der Waals surface area contributed by atoms with E-state index >= 15 is 0 Å². The second kappa shape index (κ2) is 3.31. The minimum absolute atomic E-state index is 0.0635. The first-order chi connectivity index (χ1) is 6.61. The van der Waals surface area contributed by atoms with Crippen molar-refractivity contribution in [3.8, 4) is 0 Å². The van der Waals surface area contributed by atoms with Gasteiger partial charge in [0.05, 0.1) is 6.04 Å². The van der Waals surface area contributed by atoms with Gasteiger partial charge in [-0.2, -0.15) is 0 Å². The van der Waals surface area contributed by atoms with Crippen molar-refractivity contribution in [2.45, 2.75) is 25.3 Å². The third kappa shape index (κ3) is 1.52. The zero-order chi connectivity index (χ0) is 10.2. The maximum atomic E-state index is 13.4. The van der Waals surface area contributed by atoms with Crippen molar-refractivity contribution >= 4 is 0 Å². The molecule has 1 nitrogen and oxygen atoms in total. The third-order valence-electron chi connectivity index (χ3n) is 2.73. The van der Waals surface area contributed by atoms with Gasteiger partial charge in [0.25, 0.3) is 5.92 Å². The van der Waals surface area contributed by atoms with E-state index in [0.717, 1.165) is 11.1 Å². The molecule has 1 atom stereocenters. The number of nitrogens with one attached hydrogen (secondary N) is 1. The quantitative estimate of drug-likeness (QED) is 0.729. The van der Waals surface area contributed by atoms with Crippen molar-refractivity contribution in [3.63, 3.8) is 0 Å². The van der Waals surface area contributed by atoms with Gasteiger partial charge < -0.3 is 5.32 Å². The molecule has 1 aromatic rings. The molecule has 0 radical (unpaired) electrons. The van der Waals surface area contributed by atoms with Crippen LogP contribution in [0.1, 0.15) is 23.6 Å². The highest BCUT2D eigenvalue weighted by atomic mass is 19.3. The summed E-state index contributed by atoms with van der Waals surface area (Å²) in [6.07, 6.45) is -0.0635. The number of alkyl halides is 2. The fraction of sp³-hybridized carbons (Fsp3) is 0.455. The van der Waals surface area contributed by atoms with Gasteiger partial charge in [0, 0.05) is 13.0 Å². The predicted octanol–water partition coefficient (Wildman–Crippen LogP) is 2.66. The Balaban J connectivity index is 2.36. The lowest BCUT2D eigenvalue weighted by atomic mass is 9.98. The van der Waals surface area contributed by atoms with Crippen LogP contribution in [0.15, 0.2) is 24.3 Å². The zero-order valence-corrected chi connectivity index (χ0v) is 8.06. The highest BCUT2D eigenvalue weighted by Gasteiger charge is 2.44. The summed E-state index contributed by atoms with van der Waals surface area (Å²) in [5.74, 6) is -2.61. The van der Waals surface area contributed by atoms with Gasteiger partial charge in [-0.15, -0.1) is 0 Å². The van der Waals surface area contributed by atoms with Crippen LogP contribution in [-0.2, 0) is 0 Å². The average molecular weight is 197 g/mol. The van der Waals surface area contributed by atoms with E-state index in [4.69, 9.17) is 0 Å². The molecule has 76 valence electrons. The molecule has 2 rings (SSSR count). The number of rotatable bonds is 1. The van der Waals surface area contributed by atoms with Crippen molar-refractivity contribution in [2.24, 2.45) is 0 Å². The molecule has 1 fully saturated rings. The highest BCUT2D eigenvalue weighted by molar-refractivity contribution is 5.31. The van der Waals surface area contributed by atoms with E-state index in [1.165, 1.54) is 0 Å². The van der Waals surface area contributed by atoms with E-state index in [1.54, 1.807) is 12.1 Å². The maximum Gasteiger partial charge on any atom is 0.268 e. The van der Waals surface area contributed by atoms with E-state index in [1.807, 2.05) is 19.1 Å². The topological polar surface area (TPSA) is 12.0 Å². The first-order valence-electron chi connectivity index (χ1n) is 4.78.